The van der Waals surface area contributed by atoms with Crippen LogP contribution in [0.3, 0.4) is 0 Å². The maximum atomic E-state index is 12.2. The lowest BCUT2D eigenvalue weighted by molar-refractivity contribution is 0.241. The SMILES string of the molecule is Cc1cccc(N2NC3(CCCCCC3)NC2=O)c1. The Balaban J connectivity index is 1.83. The Morgan fingerprint density at radius 2 is 1.89 bits per heavy atom. The quantitative estimate of drug-likeness (QED) is 0.814. The van der Waals surface area contributed by atoms with Crippen molar-refractivity contribution in [1.29, 1.82) is 0 Å². The second kappa shape index (κ2) is 4.85. The number of nitrogens with one attached hydrogen (secondary N) is 2. The highest BCUT2D eigenvalue weighted by atomic mass is 16.2. The third-order valence-corrected chi connectivity index (χ3v) is 4.09. The van der Waals surface area contributed by atoms with Crippen molar-refractivity contribution in [2.24, 2.45) is 0 Å². The molecule has 0 aromatic heterocycles. The molecule has 4 nitrogen and oxygen atoms in total. The van der Waals surface area contributed by atoms with Crippen LogP contribution in [0.25, 0.3) is 0 Å². The van der Waals surface area contributed by atoms with Crippen LogP contribution in [-0.2, 0) is 0 Å². The molecule has 19 heavy (non-hydrogen) atoms. The summed E-state index contributed by atoms with van der Waals surface area (Å²) in [5, 5.41) is 4.82. The number of nitrogens with zero attached hydrogens (tertiary/aromatic N) is 1. The zero-order valence-electron chi connectivity index (χ0n) is 11.4. The highest BCUT2D eigenvalue weighted by Crippen LogP contribution is 2.30. The first-order valence-electron chi connectivity index (χ1n) is 7.15. The van der Waals surface area contributed by atoms with E-state index >= 15 is 0 Å². The summed E-state index contributed by atoms with van der Waals surface area (Å²) in [6.45, 7) is 2.04. The first-order valence-corrected chi connectivity index (χ1v) is 7.15. The largest absolute Gasteiger partial charge is 0.338 e. The number of amides is 2. The molecule has 0 bridgehead atoms. The van der Waals surface area contributed by atoms with E-state index in [4.69, 9.17) is 0 Å². The fourth-order valence-electron chi connectivity index (χ4n) is 3.07. The molecular weight excluding hydrogens is 238 g/mol. The molecule has 1 heterocycles. The van der Waals surface area contributed by atoms with E-state index in [1.807, 2.05) is 31.2 Å². The van der Waals surface area contributed by atoms with Gasteiger partial charge in [0.05, 0.1) is 5.69 Å². The van der Waals surface area contributed by atoms with Gasteiger partial charge in [-0.3, -0.25) is 0 Å². The van der Waals surface area contributed by atoms with E-state index < -0.39 is 0 Å². The summed E-state index contributed by atoms with van der Waals surface area (Å²) in [5.41, 5.74) is 5.26. The summed E-state index contributed by atoms with van der Waals surface area (Å²) in [6.07, 6.45) is 6.92. The Morgan fingerprint density at radius 1 is 1.16 bits per heavy atom. The number of carbonyl (C=O) groups is 1. The molecule has 1 aliphatic carbocycles. The third-order valence-electron chi connectivity index (χ3n) is 4.09. The number of hydrogen-bond acceptors (Lipinski definition) is 2. The van der Waals surface area contributed by atoms with Crippen molar-refractivity contribution in [3.8, 4) is 0 Å². The van der Waals surface area contributed by atoms with Gasteiger partial charge in [-0.15, -0.1) is 0 Å². The van der Waals surface area contributed by atoms with Crippen LogP contribution in [0.15, 0.2) is 24.3 Å². The Hall–Kier alpha value is -1.55. The van der Waals surface area contributed by atoms with E-state index in [1.54, 1.807) is 5.01 Å². The number of rotatable bonds is 1. The Labute approximate surface area is 114 Å². The number of hydrazine groups is 1. The van der Waals surface area contributed by atoms with Gasteiger partial charge >= 0.3 is 6.03 Å². The summed E-state index contributed by atoms with van der Waals surface area (Å²) >= 11 is 0. The summed E-state index contributed by atoms with van der Waals surface area (Å²) in [6, 6.07) is 7.99. The van der Waals surface area contributed by atoms with Crippen LogP contribution in [0, 0.1) is 6.92 Å². The average molecular weight is 259 g/mol. The van der Waals surface area contributed by atoms with Crippen LogP contribution in [-0.4, -0.2) is 11.7 Å². The smallest absolute Gasteiger partial charge is 0.317 e. The van der Waals surface area contributed by atoms with Gasteiger partial charge in [0.2, 0.25) is 0 Å². The summed E-state index contributed by atoms with van der Waals surface area (Å²) < 4.78 is 0. The number of hydrogen-bond donors (Lipinski definition) is 2. The standard InChI is InChI=1S/C15H21N3O/c1-12-7-6-8-13(11-12)18-14(19)16-15(17-18)9-4-2-3-5-10-15/h6-8,11,17H,2-5,9-10H2,1H3,(H,16,19). The van der Waals surface area contributed by atoms with Gasteiger partial charge in [-0.1, -0.05) is 25.0 Å². The van der Waals surface area contributed by atoms with Crippen LogP contribution in [0.1, 0.15) is 44.1 Å². The number of aryl methyl sites for hydroxylation is 1. The van der Waals surface area contributed by atoms with Gasteiger partial charge in [-0.2, -0.15) is 0 Å². The van der Waals surface area contributed by atoms with Crippen molar-refractivity contribution in [3.05, 3.63) is 29.8 Å². The molecule has 1 aliphatic heterocycles. The van der Waals surface area contributed by atoms with Crippen LogP contribution in [0.4, 0.5) is 10.5 Å². The predicted octanol–water partition coefficient (Wildman–Crippen LogP) is 3.08. The molecule has 0 radical (unpaired) electrons. The number of urea groups is 1. The first kappa shape index (κ1) is 12.5. The van der Waals surface area contributed by atoms with Crippen molar-refractivity contribution >= 4 is 11.7 Å². The minimum atomic E-state index is -0.225. The predicted molar refractivity (Wildman–Crippen MR) is 75.8 cm³/mol. The second-order valence-corrected chi connectivity index (χ2v) is 5.71. The van der Waals surface area contributed by atoms with E-state index in [0.717, 1.165) is 24.1 Å². The molecule has 1 saturated heterocycles. The summed E-state index contributed by atoms with van der Waals surface area (Å²) in [5.74, 6) is 0. The van der Waals surface area contributed by atoms with E-state index in [2.05, 4.69) is 10.7 Å². The monoisotopic (exact) mass is 259 g/mol. The molecule has 102 valence electrons. The fourth-order valence-corrected chi connectivity index (χ4v) is 3.07. The maximum absolute atomic E-state index is 12.2. The zero-order valence-corrected chi connectivity index (χ0v) is 11.4. The number of benzene rings is 1. The molecular formula is C15H21N3O. The molecule has 2 aliphatic rings. The highest BCUT2D eigenvalue weighted by molar-refractivity contribution is 5.93. The summed E-state index contributed by atoms with van der Waals surface area (Å²) in [4.78, 5) is 12.2. The highest BCUT2D eigenvalue weighted by Gasteiger charge is 2.42. The third kappa shape index (κ3) is 2.45. The number of carbonyl (C=O) groups excluding carboxylic acids is 1. The van der Waals surface area contributed by atoms with Gasteiger partial charge in [0, 0.05) is 0 Å². The van der Waals surface area contributed by atoms with Gasteiger partial charge in [0.15, 0.2) is 0 Å². The first-order chi connectivity index (χ1) is 9.19. The molecule has 2 amide bonds. The van der Waals surface area contributed by atoms with Crippen LogP contribution >= 0.6 is 0 Å². The molecule has 0 unspecified atom stereocenters. The van der Waals surface area contributed by atoms with Gasteiger partial charge < -0.3 is 5.32 Å². The van der Waals surface area contributed by atoms with E-state index in [-0.39, 0.29) is 11.7 Å². The second-order valence-electron chi connectivity index (χ2n) is 5.71. The lowest BCUT2D eigenvalue weighted by Gasteiger charge is -2.28. The van der Waals surface area contributed by atoms with Crippen LogP contribution in [0.2, 0.25) is 0 Å². The van der Waals surface area contributed by atoms with Gasteiger partial charge in [-0.25, -0.2) is 15.2 Å². The minimum Gasteiger partial charge on any atom is -0.317 e. The topological polar surface area (TPSA) is 44.4 Å². The molecule has 1 aromatic carbocycles. The molecule has 1 saturated carbocycles. The number of anilines is 1. The molecule has 4 heteroatoms. The van der Waals surface area contributed by atoms with Gasteiger partial charge in [0.25, 0.3) is 0 Å². The van der Waals surface area contributed by atoms with Crippen LogP contribution in [0.5, 0.6) is 0 Å². The minimum absolute atomic E-state index is 0.0347. The average Bonchev–Trinajstić information content (AvgIpc) is 2.57. The van der Waals surface area contributed by atoms with Crippen molar-refractivity contribution in [3.63, 3.8) is 0 Å². The Kier molecular flexibility index (Phi) is 3.19. The normalized spacial score (nSPS) is 22.4. The van der Waals surface area contributed by atoms with Crippen LogP contribution < -0.4 is 15.8 Å². The molecule has 0 atom stereocenters. The van der Waals surface area contributed by atoms with Crippen molar-refractivity contribution in [2.45, 2.75) is 51.1 Å². The molecule has 1 spiro atoms. The molecule has 3 rings (SSSR count). The maximum Gasteiger partial charge on any atom is 0.338 e. The molecule has 2 fully saturated rings. The van der Waals surface area contributed by atoms with Crippen molar-refractivity contribution in [1.82, 2.24) is 10.7 Å². The Morgan fingerprint density at radius 3 is 2.58 bits per heavy atom. The lowest BCUT2D eigenvalue weighted by Crippen LogP contribution is -2.50. The molecule has 2 N–H and O–H groups in total. The van der Waals surface area contributed by atoms with Gasteiger partial charge in [-0.05, 0) is 50.3 Å². The van der Waals surface area contributed by atoms with E-state index in [1.165, 1.54) is 25.7 Å². The fraction of sp³-hybridized carbons (Fsp3) is 0.533. The zero-order chi connectivity index (χ0) is 13.3. The van der Waals surface area contributed by atoms with Gasteiger partial charge in [0.1, 0.15) is 5.66 Å². The Bertz CT molecular complexity index is 478. The van der Waals surface area contributed by atoms with Crippen molar-refractivity contribution < 1.29 is 4.79 Å². The lowest BCUT2D eigenvalue weighted by atomic mass is 10.0. The van der Waals surface area contributed by atoms with Crippen molar-refractivity contribution in [2.75, 3.05) is 5.01 Å². The van der Waals surface area contributed by atoms with E-state index in [0.29, 0.717) is 0 Å². The van der Waals surface area contributed by atoms with E-state index in [9.17, 15) is 4.79 Å². The molecule has 1 aromatic rings. The summed E-state index contributed by atoms with van der Waals surface area (Å²) in [7, 11) is 0.